The van der Waals surface area contributed by atoms with Crippen molar-refractivity contribution < 1.29 is 9.53 Å². The predicted molar refractivity (Wildman–Crippen MR) is 120 cm³/mol. The van der Waals surface area contributed by atoms with Gasteiger partial charge in [0.15, 0.2) is 0 Å². The van der Waals surface area contributed by atoms with Gasteiger partial charge in [-0.05, 0) is 42.8 Å². The molecule has 2 N–H and O–H groups in total. The number of carbonyl (C=O) groups excluding carboxylic acids is 1. The fourth-order valence-electron chi connectivity index (χ4n) is 3.13. The molecule has 0 aliphatic carbocycles. The number of aromatic nitrogens is 2. The third-order valence-electron chi connectivity index (χ3n) is 4.61. The number of carbonyl (C=O) groups is 1. The Hall–Kier alpha value is -4.19. The molecule has 0 aliphatic heterocycles. The van der Waals surface area contributed by atoms with Gasteiger partial charge in [-0.15, -0.1) is 0 Å². The summed E-state index contributed by atoms with van der Waals surface area (Å²) in [6.45, 7) is 2.19. The molecule has 0 fully saturated rings. The number of nitrogens with zero attached hydrogens (tertiary/aromatic N) is 1. The first-order valence-corrected chi connectivity index (χ1v) is 9.83. The Morgan fingerprint density at radius 2 is 1.77 bits per heavy atom. The summed E-state index contributed by atoms with van der Waals surface area (Å²) >= 11 is 0. The third-order valence-corrected chi connectivity index (χ3v) is 4.61. The lowest BCUT2D eigenvalue weighted by atomic mass is 10.1. The summed E-state index contributed by atoms with van der Waals surface area (Å²) in [5.74, 6) is 0.817. The molecule has 6 heteroatoms. The normalized spacial score (nSPS) is 10.5. The fourth-order valence-corrected chi connectivity index (χ4v) is 3.13. The number of benzene rings is 3. The SMILES string of the molecule is Cc1cc(=O)[nH]c(-c2cccc(NC(=O)c3cccc(OCc4ccccc4)c3)c2)n1. The van der Waals surface area contributed by atoms with Crippen molar-refractivity contribution in [3.8, 4) is 17.1 Å². The van der Waals surface area contributed by atoms with Crippen molar-refractivity contribution in [2.75, 3.05) is 5.32 Å². The first kappa shape index (κ1) is 20.1. The zero-order chi connectivity index (χ0) is 21.6. The summed E-state index contributed by atoms with van der Waals surface area (Å²) in [5, 5.41) is 2.88. The highest BCUT2D eigenvalue weighted by Gasteiger charge is 2.09. The lowest BCUT2D eigenvalue weighted by Crippen LogP contribution is -2.12. The van der Waals surface area contributed by atoms with Crippen LogP contribution in [0.5, 0.6) is 5.75 Å². The van der Waals surface area contributed by atoms with E-state index in [1.807, 2.05) is 42.5 Å². The van der Waals surface area contributed by atoms with Crippen molar-refractivity contribution in [3.05, 3.63) is 112 Å². The van der Waals surface area contributed by atoms with Crippen molar-refractivity contribution in [2.45, 2.75) is 13.5 Å². The molecular weight excluding hydrogens is 390 g/mol. The number of rotatable bonds is 6. The number of hydrogen-bond donors (Lipinski definition) is 2. The number of ether oxygens (including phenoxy) is 1. The minimum atomic E-state index is -0.256. The van der Waals surface area contributed by atoms with Gasteiger partial charge in [-0.1, -0.05) is 48.5 Å². The van der Waals surface area contributed by atoms with Crippen LogP contribution in [0.15, 0.2) is 89.7 Å². The maximum atomic E-state index is 12.8. The first-order chi connectivity index (χ1) is 15.1. The Balaban J connectivity index is 1.48. The molecule has 0 bridgehead atoms. The maximum Gasteiger partial charge on any atom is 0.255 e. The second kappa shape index (κ2) is 9.09. The van der Waals surface area contributed by atoms with Crippen LogP contribution in [0.1, 0.15) is 21.6 Å². The van der Waals surface area contributed by atoms with E-state index in [0.29, 0.717) is 40.7 Å². The number of hydrogen-bond acceptors (Lipinski definition) is 4. The van der Waals surface area contributed by atoms with Crippen LogP contribution in [-0.2, 0) is 6.61 Å². The van der Waals surface area contributed by atoms with E-state index in [1.54, 1.807) is 43.3 Å². The molecule has 0 spiro atoms. The Bertz CT molecular complexity index is 1270. The Morgan fingerprint density at radius 1 is 0.968 bits per heavy atom. The van der Waals surface area contributed by atoms with Crippen LogP contribution in [0.4, 0.5) is 5.69 Å². The first-order valence-electron chi connectivity index (χ1n) is 9.83. The summed E-state index contributed by atoms with van der Waals surface area (Å²) in [6, 6.07) is 25.5. The molecule has 1 heterocycles. The average molecular weight is 411 g/mol. The maximum absolute atomic E-state index is 12.8. The summed E-state index contributed by atoms with van der Waals surface area (Å²) < 4.78 is 5.81. The molecule has 0 aliphatic rings. The van der Waals surface area contributed by atoms with Crippen molar-refractivity contribution in [2.24, 2.45) is 0 Å². The topological polar surface area (TPSA) is 84.1 Å². The van der Waals surface area contributed by atoms with E-state index in [-0.39, 0.29) is 11.5 Å². The summed E-state index contributed by atoms with van der Waals surface area (Å²) in [7, 11) is 0. The molecular formula is C25H21N3O3. The van der Waals surface area contributed by atoms with Crippen LogP contribution in [0.2, 0.25) is 0 Å². The molecule has 4 aromatic rings. The van der Waals surface area contributed by atoms with Gasteiger partial charge in [0.05, 0.1) is 0 Å². The second-order valence-electron chi connectivity index (χ2n) is 7.07. The van der Waals surface area contributed by atoms with Gasteiger partial charge in [-0.25, -0.2) is 4.98 Å². The van der Waals surface area contributed by atoms with Gasteiger partial charge in [0.1, 0.15) is 18.2 Å². The summed E-state index contributed by atoms with van der Waals surface area (Å²) in [5.41, 5.74) is 3.25. The smallest absolute Gasteiger partial charge is 0.255 e. The van der Waals surface area contributed by atoms with E-state index < -0.39 is 0 Å². The van der Waals surface area contributed by atoms with Crippen molar-refractivity contribution >= 4 is 11.6 Å². The van der Waals surface area contributed by atoms with Crippen molar-refractivity contribution in [3.63, 3.8) is 0 Å². The van der Waals surface area contributed by atoms with Gasteiger partial charge >= 0.3 is 0 Å². The van der Waals surface area contributed by atoms with Gasteiger partial charge in [0.25, 0.3) is 11.5 Å². The van der Waals surface area contributed by atoms with Crippen LogP contribution in [0.3, 0.4) is 0 Å². The van der Waals surface area contributed by atoms with E-state index in [0.717, 1.165) is 5.56 Å². The zero-order valence-corrected chi connectivity index (χ0v) is 17.0. The highest BCUT2D eigenvalue weighted by Crippen LogP contribution is 2.21. The Kier molecular flexibility index (Phi) is 5.89. The molecule has 0 atom stereocenters. The number of nitrogens with one attached hydrogen (secondary N) is 2. The fraction of sp³-hybridized carbons (Fsp3) is 0.0800. The van der Waals surface area contributed by atoms with Gasteiger partial charge < -0.3 is 15.0 Å². The molecule has 31 heavy (non-hydrogen) atoms. The van der Waals surface area contributed by atoms with Crippen molar-refractivity contribution in [1.29, 1.82) is 0 Å². The second-order valence-corrected chi connectivity index (χ2v) is 7.07. The van der Waals surface area contributed by atoms with Gasteiger partial charge in [-0.3, -0.25) is 9.59 Å². The molecule has 0 saturated heterocycles. The quantitative estimate of drug-likeness (QED) is 0.487. The third kappa shape index (κ3) is 5.25. The van der Waals surface area contributed by atoms with Crippen LogP contribution in [0.25, 0.3) is 11.4 Å². The number of aryl methyl sites for hydroxylation is 1. The molecule has 0 radical (unpaired) electrons. The Morgan fingerprint density at radius 3 is 2.58 bits per heavy atom. The van der Waals surface area contributed by atoms with E-state index in [1.165, 1.54) is 6.07 Å². The summed E-state index contributed by atoms with van der Waals surface area (Å²) in [4.78, 5) is 31.6. The summed E-state index contributed by atoms with van der Waals surface area (Å²) in [6.07, 6.45) is 0. The average Bonchev–Trinajstić information content (AvgIpc) is 2.78. The lowest BCUT2D eigenvalue weighted by molar-refractivity contribution is 0.102. The van der Waals surface area contributed by atoms with Crippen LogP contribution < -0.4 is 15.6 Å². The highest BCUT2D eigenvalue weighted by molar-refractivity contribution is 6.04. The molecule has 1 aromatic heterocycles. The molecule has 4 rings (SSSR count). The van der Waals surface area contributed by atoms with Gasteiger partial charge in [-0.2, -0.15) is 0 Å². The van der Waals surface area contributed by atoms with E-state index in [9.17, 15) is 9.59 Å². The minimum absolute atomic E-state index is 0.218. The number of H-pyrrole nitrogens is 1. The van der Waals surface area contributed by atoms with Gasteiger partial charge in [0.2, 0.25) is 0 Å². The largest absolute Gasteiger partial charge is 0.489 e. The number of aromatic amines is 1. The van der Waals surface area contributed by atoms with E-state index in [4.69, 9.17) is 4.74 Å². The molecule has 3 aromatic carbocycles. The van der Waals surface area contributed by atoms with E-state index >= 15 is 0 Å². The van der Waals surface area contributed by atoms with Crippen molar-refractivity contribution in [1.82, 2.24) is 9.97 Å². The van der Waals surface area contributed by atoms with Crippen LogP contribution in [-0.4, -0.2) is 15.9 Å². The highest BCUT2D eigenvalue weighted by atomic mass is 16.5. The predicted octanol–water partition coefficient (Wildman–Crippen LogP) is 4.58. The number of anilines is 1. The molecule has 6 nitrogen and oxygen atoms in total. The monoisotopic (exact) mass is 411 g/mol. The zero-order valence-electron chi connectivity index (χ0n) is 17.0. The van der Waals surface area contributed by atoms with Gasteiger partial charge in [0, 0.05) is 28.6 Å². The molecule has 0 unspecified atom stereocenters. The van der Waals surface area contributed by atoms with E-state index in [2.05, 4.69) is 15.3 Å². The molecule has 0 saturated carbocycles. The Labute approximate surface area is 179 Å². The molecule has 154 valence electrons. The van der Waals surface area contributed by atoms with Crippen LogP contribution in [0, 0.1) is 6.92 Å². The minimum Gasteiger partial charge on any atom is -0.489 e. The lowest BCUT2D eigenvalue weighted by Gasteiger charge is -2.10. The standard InChI is InChI=1S/C25H21N3O3/c1-17-13-23(29)28-24(26-17)19-9-5-11-21(14-19)27-25(30)20-10-6-12-22(15-20)31-16-18-7-3-2-4-8-18/h2-15H,16H2,1H3,(H,27,30)(H,26,28,29). The number of amides is 1. The van der Waals surface area contributed by atoms with Crippen LogP contribution >= 0.6 is 0 Å². The molecule has 1 amide bonds.